The highest BCUT2D eigenvalue weighted by molar-refractivity contribution is 5.76. The van der Waals surface area contributed by atoms with E-state index in [9.17, 15) is 4.79 Å². The lowest BCUT2D eigenvalue weighted by atomic mass is 10.2. The number of carbonyl (C=O) groups is 1. The molecule has 0 unspecified atom stereocenters. The van der Waals surface area contributed by atoms with Crippen molar-refractivity contribution in [2.24, 2.45) is 0 Å². The van der Waals surface area contributed by atoms with Crippen molar-refractivity contribution in [2.45, 2.75) is 19.4 Å². The summed E-state index contributed by atoms with van der Waals surface area (Å²) < 4.78 is 7.49. The number of carbonyl (C=O) groups excluding carboxylic acids is 1. The van der Waals surface area contributed by atoms with Crippen molar-refractivity contribution in [1.29, 1.82) is 0 Å². The lowest BCUT2D eigenvalue weighted by Crippen LogP contribution is -2.26. The molecule has 2 aromatic carbocycles. The predicted octanol–water partition coefficient (Wildman–Crippen LogP) is 3.60. The van der Waals surface area contributed by atoms with Crippen molar-refractivity contribution in [3.8, 4) is 5.69 Å². The summed E-state index contributed by atoms with van der Waals surface area (Å²) in [5, 5.41) is 4.37. The van der Waals surface area contributed by atoms with Gasteiger partial charge in [-0.15, -0.1) is 0 Å². The minimum atomic E-state index is 0.0460. The molecule has 136 valence electrons. The Morgan fingerprint density at radius 1 is 1.11 bits per heavy atom. The van der Waals surface area contributed by atoms with E-state index >= 15 is 0 Å². The topological polar surface area (TPSA) is 64.2 Å². The Labute approximate surface area is 157 Å². The monoisotopic (exact) mass is 360 g/mol. The SMILES string of the molecule is CN(Cc1cnn(-c2ccccc2)c1)C(=O)CCc1nc2ccccc2o1. The summed E-state index contributed by atoms with van der Waals surface area (Å²) in [5.74, 6) is 0.638. The van der Waals surface area contributed by atoms with Crippen LogP contribution in [0.5, 0.6) is 0 Å². The van der Waals surface area contributed by atoms with E-state index in [1.165, 1.54) is 0 Å². The maximum absolute atomic E-state index is 12.4. The Kier molecular flexibility index (Phi) is 4.70. The van der Waals surface area contributed by atoms with Gasteiger partial charge in [0.05, 0.1) is 11.9 Å². The average Bonchev–Trinajstić information content (AvgIpc) is 3.33. The van der Waals surface area contributed by atoms with Crippen LogP contribution in [-0.2, 0) is 17.8 Å². The molecule has 0 saturated heterocycles. The zero-order valence-corrected chi connectivity index (χ0v) is 15.1. The molecule has 4 rings (SSSR count). The molecule has 0 aliphatic rings. The molecule has 2 heterocycles. The van der Waals surface area contributed by atoms with Crippen molar-refractivity contribution in [3.63, 3.8) is 0 Å². The first kappa shape index (κ1) is 17.0. The fraction of sp³-hybridized carbons (Fsp3) is 0.190. The number of rotatable bonds is 6. The number of para-hydroxylation sites is 3. The summed E-state index contributed by atoms with van der Waals surface area (Å²) in [4.78, 5) is 18.6. The van der Waals surface area contributed by atoms with E-state index in [0.29, 0.717) is 25.3 Å². The van der Waals surface area contributed by atoms with Crippen LogP contribution >= 0.6 is 0 Å². The van der Waals surface area contributed by atoms with Gasteiger partial charge in [0.25, 0.3) is 0 Å². The maximum atomic E-state index is 12.4. The molecule has 0 aliphatic heterocycles. The molecule has 0 bridgehead atoms. The van der Waals surface area contributed by atoms with Gasteiger partial charge in [0, 0.05) is 38.2 Å². The van der Waals surface area contributed by atoms with Crippen LogP contribution in [0.15, 0.2) is 71.4 Å². The van der Waals surface area contributed by atoms with Gasteiger partial charge in [-0.1, -0.05) is 30.3 Å². The normalized spacial score (nSPS) is 11.0. The van der Waals surface area contributed by atoms with Crippen LogP contribution in [0.25, 0.3) is 16.8 Å². The summed E-state index contributed by atoms with van der Waals surface area (Å²) in [6.07, 6.45) is 4.58. The molecular weight excluding hydrogens is 340 g/mol. The van der Waals surface area contributed by atoms with Crippen molar-refractivity contribution < 1.29 is 9.21 Å². The van der Waals surface area contributed by atoms with Gasteiger partial charge in [-0.25, -0.2) is 9.67 Å². The Balaban J connectivity index is 1.34. The van der Waals surface area contributed by atoms with Gasteiger partial charge >= 0.3 is 0 Å². The van der Waals surface area contributed by atoms with E-state index in [0.717, 1.165) is 22.4 Å². The largest absolute Gasteiger partial charge is 0.441 e. The molecule has 0 aliphatic carbocycles. The van der Waals surface area contributed by atoms with Gasteiger partial charge in [0.2, 0.25) is 5.91 Å². The summed E-state index contributed by atoms with van der Waals surface area (Å²) in [7, 11) is 1.80. The number of hydrogen-bond donors (Lipinski definition) is 0. The first-order valence-electron chi connectivity index (χ1n) is 8.86. The fourth-order valence-corrected chi connectivity index (χ4v) is 2.96. The van der Waals surface area contributed by atoms with E-state index in [1.54, 1.807) is 18.1 Å². The molecule has 0 radical (unpaired) electrons. The highest BCUT2D eigenvalue weighted by atomic mass is 16.3. The molecule has 6 nitrogen and oxygen atoms in total. The zero-order chi connectivity index (χ0) is 18.6. The number of benzene rings is 2. The minimum Gasteiger partial charge on any atom is -0.441 e. The van der Waals surface area contributed by atoms with Gasteiger partial charge in [-0.2, -0.15) is 5.10 Å². The van der Waals surface area contributed by atoms with Crippen LogP contribution in [0.3, 0.4) is 0 Å². The summed E-state index contributed by atoms with van der Waals surface area (Å²) in [6, 6.07) is 17.5. The molecule has 0 N–H and O–H groups in total. The number of fused-ring (bicyclic) bond motifs is 1. The first-order chi connectivity index (χ1) is 13.2. The fourth-order valence-electron chi connectivity index (χ4n) is 2.96. The molecule has 2 aromatic heterocycles. The highest BCUT2D eigenvalue weighted by Gasteiger charge is 2.13. The van der Waals surface area contributed by atoms with Crippen LogP contribution < -0.4 is 0 Å². The maximum Gasteiger partial charge on any atom is 0.223 e. The highest BCUT2D eigenvalue weighted by Crippen LogP contribution is 2.16. The second-order valence-electron chi connectivity index (χ2n) is 6.45. The summed E-state index contributed by atoms with van der Waals surface area (Å²) >= 11 is 0. The molecule has 0 atom stereocenters. The third kappa shape index (κ3) is 3.89. The predicted molar refractivity (Wildman–Crippen MR) is 102 cm³/mol. The molecule has 0 saturated carbocycles. The lowest BCUT2D eigenvalue weighted by Gasteiger charge is -2.15. The zero-order valence-electron chi connectivity index (χ0n) is 15.1. The van der Waals surface area contributed by atoms with Crippen molar-refractivity contribution in [3.05, 3.63) is 78.4 Å². The Hall–Kier alpha value is -3.41. The Morgan fingerprint density at radius 2 is 1.89 bits per heavy atom. The number of nitrogens with zero attached hydrogens (tertiary/aromatic N) is 4. The molecule has 0 fully saturated rings. The first-order valence-corrected chi connectivity index (χ1v) is 8.86. The second-order valence-corrected chi connectivity index (χ2v) is 6.45. The quantitative estimate of drug-likeness (QED) is 0.527. The van der Waals surface area contributed by atoms with Crippen LogP contribution in [0.4, 0.5) is 0 Å². The number of aromatic nitrogens is 3. The van der Waals surface area contributed by atoms with Gasteiger partial charge in [-0.3, -0.25) is 4.79 Å². The third-order valence-corrected chi connectivity index (χ3v) is 4.39. The van der Waals surface area contributed by atoms with E-state index in [-0.39, 0.29) is 5.91 Å². The minimum absolute atomic E-state index is 0.0460. The average molecular weight is 360 g/mol. The van der Waals surface area contributed by atoms with Crippen LogP contribution in [0.1, 0.15) is 17.9 Å². The number of amides is 1. The second kappa shape index (κ2) is 7.45. The molecular formula is C21H20N4O2. The molecule has 27 heavy (non-hydrogen) atoms. The number of hydrogen-bond acceptors (Lipinski definition) is 4. The van der Waals surface area contributed by atoms with Gasteiger partial charge in [-0.05, 0) is 24.3 Å². The van der Waals surface area contributed by atoms with Crippen molar-refractivity contribution in [2.75, 3.05) is 7.05 Å². The lowest BCUT2D eigenvalue weighted by molar-refractivity contribution is -0.130. The van der Waals surface area contributed by atoms with Gasteiger partial charge in [0.1, 0.15) is 5.52 Å². The molecule has 0 spiro atoms. The van der Waals surface area contributed by atoms with Crippen molar-refractivity contribution >= 4 is 17.0 Å². The van der Waals surface area contributed by atoms with Crippen LogP contribution in [0, 0.1) is 0 Å². The molecule has 6 heteroatoms. The smallest absolute Gasteiger partial charge is 0.223 e. The van der Waals surface area contributed by atoms with E-state index in [1.807, 2.05) is 65.5 Å². The van der Waals surface area contributed by atoms with E-state index in [2.05, 4.69) is 10.1 Å². The number of aryl methyl sites for hydroxylation is 1. The Bertz CT molecular complexity index is 1020. The van der Waals surface area contributed by atoms with Gasteiger partial charge in [0.15, 0.2) is 11.5 Å². The third-order valence-electron chi connectivity index (χ3n) is 4.39. The summed E-state index contributed by atoms with van der Waals surface area (Å²) in [5.41, 5.74) is 3.55. The van der Waals surface area contributed by atoms with Crippen LogP contribution in [-0.4, -0.2) is 32.6 Å². The Morgan fingerprint density at radius 3 is 2.70 bits per heavy atom. The standard InChI is InChI=1S/C21H20N4O2/c1-24(14-16-13-22-25(15-16)17-7-3-2-4-8-17)21(26)12-11-20-23-18-9-5-6-10-19(18)27-20/h2-10,13,15H,11-12,14H2,1H3. The number of oxazole rings is 1. The molecule has 1 amide bonds. The van der Waals surface area contributed by atoms with E-state index < -0.39 is 0 Å². The molecule has 4 aromatic rings. The summed E-state index contributed by atoms with van der Waals surface area (Å²) in [6.45, 7) is 0.513. The van der Waals surface area contributed by atoms with Gasteiger partial charge < -0.3 is 9.32 Å². The van der Waals surface area contributed by atoms with Crippen LogP contribution in [0.2, 0.25) is 0 Å². The van der Waals surface area contributed by atoms with Crippen molar-refractivity contribution in [1.82, 2.24) is 19.7 Å². The van der Waals surface area contributed by atoms with E-state index in [4.69, 9.17) is 4.42 Å².